The summed E-state index contributed by atoms with van der Waals surface area (Å²) in [6.07, 6.45) is 6.91. The Kier molecular flexibility index (Phi) is 11.1. The first-order valence-electron chi connectivity index (χ1n) is 15.7. The fraction of sp³-hybridized carbons (Fsp3) is 0.278. The molecular weight excluding hydrogens is 628 g/mol. The molecule has 1 aliphatic carbocycles. The number of hydrogen-bond donors (Lipinski definition) is 3. The monoisotopic (exact) mass is 666 g/mol. The topological polar surface area (TPSA) is 140 Å². The van der Waals surface area contributed by atoms with Crippen LogP contribution >= 0.6 is 11.6 Å². The van der Waals surface area contributed by atoms with Gasteiger partial charge in [-0.25, -0.2) is 4.79 Å². The first kappa shape index (κ1) is 34.2. The standard InChI is InChI=1S/C36H39ClN8O3/c1-4-43(3)31(22-39)34(42-32(46)23-48-5-2)30-19-25-7-6-14-40-33(25)35(28-13-10-26(37)20-29(28)30)44-15-17-45(18-16-44)36(47)41-27-11-8-24(21-38)9-12-27/h4,6-14,19-20,22,34-35H,1,5,15-18,23,39H2,2-3H3,(H,41,47)(H,42,46)/b31-22-/t34-,35+/m1/s1. The number of urea groups is 1. The Morgan fingerprint density at radius 3 is 2.62 bits per heavy atom. The molecule has 3 aromatic rings. The van der Waals surface area contributed by atoms with Crippen LogP contribution in [0.15, 0.2) is 85.5 Å². The number of nitriles is 1. The molecule has 0 spiro atoms. The third-order valence-electron chi connectivity index (χ3n) is 8.50. The van der Waals surface area contributed by atoms with Crippen molar-refractivity contribution in [1.82, 2.24) is 25.0 Å². The minimum Gasteiger partial charge on any atom is -0.403 e. The van der Waals surface area contributed by atoms with E-state index in [4.69, 9.17) is 32.3 Å². The van der Waals surface area contributed by atoms with Crippen LogP contribution in [0.4, 0.5) is 10.5 Å². The number of hydrogen-bond acceptors (Lipinski definition) is 8. The summed E-state index contributed by atoms with van der Waals surface area (Å²) >= 11 is 6.66. The van der Waals surface area contributed by atoms with E-state index < -0.39 is 6.04 Å². The quantitative estimate of drug-likeness (QED) is 0.281. The molecule has 1 aliphatic heterocycles. The molecule has 1 saturated heterocycles. The summed E-state index contributed by atoms with van der Waals surface area (Å²) in [5.41, 5.74) is 12.3. The van der Waals surface area contributed by atoms with E-state index in [1.807, 2.05) is 50.4 Å². The lowest BCUT2D eigenvalue weighted by molar-refractivity contribution is -0.125. The van der Waals surface area contributed by atoms with Crippen LogP contribution in [0.3, 0.4) is 0 Å². The molecule has 3 amide bonds. The van der Waals surface area contributed by atoms with Crippen molar-refractivity contribution in [3.63, 3.8) is 0 Å². The van der Waals surface area contributed by atoms with Gasteiger partial charge in [-0.2, -0.15) is 5.26 Å². The lowest BCUT2D eigenvalue weighted by atomic mass is 9.89. The maximum Gasteiger partial charge on any atom is 0.321 e. The third kappa shape index (κ3) is 7.52. The fourth-order valence-corrected chi connectivity index (χ4v) is 6.22. The molecule has 48 heavy (non-hydrogen) atoms. The second kappa shape index (κ2) is 15.6. The molecular formula is C36H39ClN8O3. The van der Waals surface area contributed by atoms with Gasteiger partial charge in [0.1, 0.15) is 6.61 Å². The number of pyridine rings is 1. The van der Waals surface area contributed by atoms with Crippen molar-refractivity contribution in [2.75, 3.05) is 51.8 Å². The van der Waals surface area contributed by atoms with Crippen LogP contribution in [0.25, 0.3) is 11.6 Å². The normalized spacial score (nSPS) is 16.7. The molecule has 0 bridgehead atoms. The van der Waals surface area contributed by atoms with Gasteiger partial charge >= 0.3 is 6.03 Å². The number of rotatable bonds is 10. The number of benzene rings is 2. The van der Waals surface area contributed by atoms with Gasteiger partial charge in [-0.05, 0) is 83.9 Å². The van der Waals surface area contributed by atoms with E-state index in [0.717, 1.165) is 28.0 Å². The zero-order chi connectivity index (χ0) is 34.2. The van der Waals surface area contributed by atoms with Gasteiger partial charge in [-0.3, -0.25) is 14.7 Å². The van der Waals surface area contributed by atoms with E-state index in [1.165, 1.54) is 6.20 Å². The van der Waals surface area contributed by atoms with Crippen molar-refractivity contribution >= 4 is 40.9 Å². The predicted molar refractivity (Wildman–Crippen MR) is 187 cm³/mol. The fourth-order valence-electron chi connectivity index (χ4n) is 6.04. The Morgan fingerprint density at radius 1 is 1.21 bits per heavy atom. The number of nitrogens with one attached hydrogen (secondary N) is 2. The highest BCUT2D eigenvalue weighted by Crippen LogP contribution is 2.42. The number of aromatic nitrogens is 1. The highest BCUT2D eigenvalue weighted by Gasteiger charge is 2.36. The maximum atomic E-state index is 13.2. The van der Waals surface area contributed by atoms with Crippen molar-refractivity contribution in [1.29, 1.82) is 5.26 Å². The molecule has 0 unspecified atom stereocenters. The Balaban J connectivity index is 1.50. The maximum absolute atomic E-state index is 13.2. The van der Waals surface area contributed by atoms with Gasteiger partial charge in [0.05, 0.1) is 35.1 Å². The minimum atomic E-state index is -0.683. The summed E-state index contributed by atoms with van der Waals surface area (Å²) < 4.78 is 5.42. The average Bonchev–Trinajstić information content (AvgIpc) is 3.25. The van der Waals surface area contributed by atoms with E-state index in [0.29, 0.717) is 54.8 Å². The number of piperazine rings is 1. The summed E-state index contributed by atoms with van der Waals surface area (Å²) in [4.78, 5) is 37.1. The number of ether oxygens (including phenoxy) is 1. The van der Waals surface area contributed by atoms with E-state index in [2.05, 4.69) is 28.2 Å². The summed E-state index contributed by atoms with van der Waals surface area (Å²) in [6, 6.07) is 17.4. The summed E-state index contributed by atoms with van der Waals surface area (Å²) in [5.74, 6) is -0.300. The molecule has 11 nitrogen and oxygen atoms in total. The number of likely N-dealkylation sites (N-methyl/N-ethyl adjacent to an activating group) is 1. The van der Waals surface area contributed by atoms with Crippen LogP contribution in [0.1, 0.15) is 40.9 Å². The largest absolute Gasteiger partial charge is 0.403 e. The number of nitrogens with two attached hydrogens (primary N) is 1. The number of nitrogens with zero attached hydrogens (tertiary/aromatic N) is 5. The highest BCUT2D eigenvalue weighted by atomic mass is 35.5. The predicted octanol–water partition coefficient (Wildman–Crippen LogP) is 4.80. The Bertz CT molecular complexity index is 1760. The number of carbonyl (C=O) groups is 2. The van der Waals surface area contributed by atoms with Crippen molar-refractivity contribution in [3.05, 3.63) is 118 Å². The lowest BCUT2D eigenvalue weighted by Gasteiger charge is -2.40. The van der Waals surface area contributed by atoms with E-state index in [1.54, 1.807) is 46.5 Å². The SMILES string of the molecule is C=CN(C)/C(=C\N)[C@H](NC(=O)COCC)C1=Cc2cccnc2[C@@H](N2CCN(C(=O)Nc3ccc(C#N)cc3)CC2)c2ccc(Cl)cc21. The van der Waals surface area contributed by atoms with Crippen molar-refractivity contribution in [2.24, 2.45) is 5.73 Å². The van der Waals surface area contributed by atoms with Crippen LogP contribution in [0.5, 0.6) is 0 Å². The second-order valence-corrected chi connectivity index (χ2v) is 11.8. The Hall–Kier alpha value is -5.15. The van der Waals surface area contributed by atoms with E-state index in [-0.39, 0.29) is 24.6 Å². The van der Waals surface area contributed by atoms with Crippen LogP contribution in [0.2, 0.25) is 5.02 Å². The molecule has 248 valence electrons. The molecule has 2 atom stereocenters. The molecule has 12 heteroatoms. The molecule has 1 fully saturated rings. The van der Waals surface area contributed by atoms with E-state index in [9.17, 15) is 9.59 Å². The van der Waals surface area contributed by atoms with Crippen LogP contribution < -0.4 is 16.4 Å². The first-order chi connectivity index (χ1) is 23.3. The van der Waals surface area contributed by atoms with Gasteiger partial charge in [0, 0.05) is 62.9 Å². The van der Waals surface area contributed by atoms with Gasteiger partial charge in [0.2, 0.25) is 5.91 Å². The molecule has 2 aromatic carbocycles. The number of halogens is 1. The molecule has 2 aliphatic rings. The van der Waals surface area contributed by atoms with Gasteiger partial charge in [0.25, 0.3) is 0 Å². The summed E-state index contributed by atoms with van der Waals surface area (Å²) in [6.45, 7) is 8.18. The van der Waals surface area contributed by atoms with Crippen LogP contribution in [-0.4, -0.2) is 84.1 Å². The smallest absolute Gasteiger partial charge is 0.321 e. The van der Waals surface area contributed by atoms with Crippen molar-refractivity contribution in [2.45, 2.75) is 19.0 Å². The van der Waals surface area contributed by atoms with E-state index >= 15 is 0 Å². The minimum absolute atomic E-state index is 0.109. The zero-order valence-corrected chi connectivity index (χ0v) is 27.8. The number of carbonyl (C=O) groups excluding carboxylic acids is 2. The molecule has 4 N–H and O–H groups in total. The average molecular weight is 667 g/mol. The summed E-state index contributed by atoms with van der Waals surface area (Å²) in [7, 11) is 1.82. The number of fused-ring (bicyclic) bond motifs is 2. The zero-order valence-electron chi connectivity index (χ0n) is 27.0. The van der Waals surface area contributed by atoms with Gasteiger partial charge in [-0.15, -0.1) is 0 Å². The van der Waals surface area contributed by atoms with Crippen molar-refractivity contribution < 1.29 is 14.3 Å². The molecule has 2 heterocycles. The molecule has 0 saturated carbocycles. The molecule has 5 rings (SSSR count). The Morgan fingerprint density at radius 2 is 1.96 bits per heavy atom. The van der Waals surface area contributed by atoms with Gasteiger partial charge in [0.15, 0.2) is 0 Å². The van der Waals surface area contributed by atoms with Crippen LogP contribution in [-0.2, 0) is 9.53 Å². The molecule has 1 aromatic heterocycles. The number of amides is 3. The summed E-state index contributed by atoms with van der Waals surface area (Å²) in [5, 5.41) is 15.7. The van der Waals surface area contributed by atoms with Crippen LogP contribution in [0, 0.1) is 11.3 Å². The third-order valence-corrected chi connectivity index (χ3v) is 8.73. The lowest BCUT2D eigenvalue weighted by Crippen LogP contribution is -2.51. The first-order valence-corrected chi connectivity index (χ1v) is 16.1. The number of anilines is 1. The van der Waals surface area contributed by atoms with Gasteiger partial charge < -0.3 is 30.9 Å². The van der Waals surface area contributed by atoms with Crippen molar-refractivity contribution in [3.8, 4) is 6.07 Å². The highest BCUT2D eigenvalue weighted by molar-refractivity contribution is 6.30. The van der Waals surface area contributed by atoms with Gasteiger partial charge in [-0.1, -0.05) is 30.3 Å². The second-order valence-electron chi connectivity index (χ2n) is 11.4. The Labute approximate surface area is 285 Å². The molecule has 0 radical (unpaired) electrons.